The lowest BCUT2D eigenvalue weighted by molar-refractivity contribution is -0.420. The lowest BCUT2D eigenvalue weighted by Gasteiger charge is -2.28. The lowest BCUT2D eigenvalue weighted by atomic mass is 10.1. The summed E-state index contributed by atoms with van der Waals surface area (Å²) in [6, 6.07) is 0. The molecule has 0 spiro atoms. The monoisotopic (exact) mass is 167 g/mol. The molecule has 0 bridgehead atoms. The van der Waals surface area contributed by atoms with Crippen molar-refractivity contribution < 1.29 is 4.74 Å². The fourth-order valence-electron chi connectivity index (χ4n) is 0.993. The molecule has 0 saturated carbocycles. The first-order chi connectivity index (χ1) is 5.61. The van der Waals surface area contributed by atoms with Crippen LogP contribution in [0.5, 0.6) is 0 Å². The van der Waals surface area contributed by atoms with Gasteiger partial charge in [0.25, 0.3) is 0 Å². The van der Waals surface area contributed by atoms with Crippen LogP contribution in [0.3, 0.4) is 0 Å². The number of rotatable bonds is 1. The van der Waals surface area contributed by atoms with E-state index in [0.29, 0.717) is 17.8 Å². The second kappa shape index (κ2) is 3.40. The summed E-state index contributed by atoms with van der Waals surface area (Å²) in [6.07, 6.45) is 5.70. The highest BCUT2D eigenvalue weighted by Gasteiger charge is 2.06. The maximum Gasteiger partial charge on any atom is 0.212 e. The van der Waals surface area contributed by atoms with E-state index in [4.69, 9.17) is 0 Å². The molecule has 4 nitrogen and oxygen atoms in total. The summed E-state index contributed by atoms with van der Waals surface area (Å²) in [7, 11) is 2.83. The van der Waals surface area contributed by atoms with Gasteiger partial charge in [0, 0.05) is 24.3 Å². The van der Waals surface area contributed by atoms with Crippen molar-refractivity contribution >= 4 is 5.71 Å². The van der Waals surface area contributed by atoms with Gasteiger partial charge < -0.3 is 15.5 Å². The first-order valence-corrected chi connectivity index (χ1v) is 3.67. The summed E-state index contributed by atoms with van der Waals surface area (Å²) in [4.78, 5) is 0. The Morgan fingerprint density at radius 3 is 2.75 bits per heavy atom. The maximum atomic E-state index is 10.8. The van der Waals surface area contributed by atoms with Gasteiger partial charge in [-0.3, -0.25) is 0 Å². The Morgan fingerprint density at radius 1 is 1.58 bits per heavy atom. The van der Waals surface area contributed by atoms with Crippen molar-refractivity contribution in [1.82, 2.24) is 5.06 Å². The Balaban J connectivity index is 2.90. The van der Waals surface area contributed by atoms with Crippen molar-refractivity contribution in [3.63, 3.8) is 0 Å². The van der Waals surface area contributed by atoms with Gasteiger partial charge >= 0.3 is 0 Å². The number of hydrogen-bond acceptors (Lipinski definition) is 3. The smallest absolute Gasteiger partial charge is 0.212 e. The molecule has 0 N–H and O–H groups in total. The number of nitrogens with zero attached hydrogens (tertiary/aromatic N) is 2. The predicted molar refractivity (Wildman–Crippen MR) is 47.5 cm³/mol. The minimum Gasteiger partial charge on any atom is -0.759 e. The summed E-state index contributed by atoms with van der Waals surface area (Å²) in [6.45, 7) is 0. The molecule has 1 rings (SSSR count). The number of hydrogen-bond donors (Lipinski definition) is 0. The summed E-state index contributed by atoms with van der Waals surface area (Å²) in [5.41, 5.74) is 1.12. The third-order valence-electron chi connectivity index (χ3n) is 1.70. The first-order valence-electron chi connectivity index (χ1n) is 3.67. The van der Waals surface area contributed by atoms with Crippen LogP contribution in [-0.4, -0.2) is 29.6 Å². The highest BCUT2D eigenvalue weighted by Crippen LogP contribution is 2.11. The van der Waals surface area contributed by atoms with Gasteiger partial charge in [-0.25, -0.2) is 4.74 Å². The summed E-state index contributed by atoms with van der Waals surface area (Å²) >= 11 is 0. The summed E-state index contributed by atoms with van der Waals surface area (Å²) in [5, 5.41) is 22.4. The highest BCUT2D eigenvalue weighted by atomic mass is 16.5. The second-order valence-corrected chi connectivity index (χ2v) is 2.66. The number of allylic oxidation sites excluding steroid dienone is 3. The molecular weight excluding hydrogens is 156 g/mol. The molecule has 0 aliphatic heterocycles. The van der Waals surface area contributed by atoms with Crippen molar-refractivity contribution in [2.45, 2.75) is 6.42 Å². The van der Waals surface area contributed by atoms with Crippen molar-refractivity contribution in [3.05, 3.63) is 34.3 Å². The number of hydroxylamine groups is 3. The van der Waals surface area contributed by atoms with Gasteiger partial charge in [-0.05, 0) is 7.05 Å². The molecular formula is C8H11N2O2-. The molecule has 4 heteroatoms. The van der Waals surface area contributed by atoms with E-state index in [1.54, 1.807) is 18.2 Å². The molecule has 0 atom stereocenters. The van der Waals surface area contributed by atoms with Crippen LogP contribution in [0.2, 0.25) is 0 Å². The fraction of sp³-hybridized carbons (Fsp3) is 0.375. The van der Waals surface area contributed by atoms with Gasteiger partial charge in [0.2, 0.25) is 5.71 Å². The molecule has 66 valence electrons. The zero-order valence-electron chi connectivity index (χ0n) is 7.15. The minimum atomic E-state index is 0.513. The third kappa shape index (κ3) is 1.85. The Kier molecular flexibility index (Phi) is 2.50. The summed E-state index contributed by atoms with van der Waals surface area (Å²) < 4.78 is 0.735. The summed E-state index contributed by atoms with van der Waals surface area (Å²) in [5.74, 6) is 0. The quantitative estimate of drug-likeness (QED) is 0.330. The van der Waals surface area contributed by atoms with E-state index in [2.05, 4.69) is 0 Å². The normalized spacial score (nSPS) is 20.4. The van der Waals surface area contributed by atoms with Crippen LogP contribution in [0.4, 0.5) is 0 Å². The van der Waals surface area contributed by atoms with E-state index in [-0.39, 0.29) is 0 Å². The van der Waals surface area contributed by atoms with Gasteiger partial charge in [-0.15, -0.1) is 0 Å². The molecule has 0 amide bonds. The molecule has 0 radical (unpaired) electrons. The molecule has 1 aliphatic carbocycles. The van der Waals surface area contributed by atoms with Gasteiger partial charge in [0.15, 0.2) is 0 Å². The Bertz CT molecular complexity index is 260. The second-order valence-electron chi connectivity index (χ2n) is 2.66. The molecule has 0 aromatic rings. The van der Waals surface area contributed by atoms with E-state index >= 15 is 0 Å². The zero-order valence-corrected chi connectivity index (χ0v) is 7.15. The Hall–Kier alpha value is -1.29. The predicted octanol–water partition coefficient (Wildman–Crippen LogP) is 0.841. The highest BCUT2D eigenvalue weighted by molar-refractivity contribution is 6.01. The van der Waals surface area contributed by atoms with Crippen molar-refractivity contribution in [1.29, 1.82) is 0 Å². The largest absolute Gasteiger partial charge is 0.759 e. The van der Waals surface area contributed by atoms with Crippen LogP contribution >= 0.6 is 0 Å². The van der Waals surface area contributed by atoms with Crippen LogP contribution in [0.15, 0.2) is 23.9 Å². The van der Waals surface area contributed by atoms with E-state index in [1.165, 1.54) is 14.1 Å². The van der Waals surface area contributed by atoms with E-state index in [9.17, 15) is 10.4 Å². The molecule has 0 unspecified atom stereocenters. The SMILES string of the molecule is CN([O-])C1=CC(=[N+](C)[O-])C=CC1. The van der Waals surface area contributed by atoms with Crippen molar-refractivity contribution in [2.75, 3.05) is 14.1 Å². The van der Waals surface area contributed by atoms with Crippen LogP contribution < -0.4 is 0 Å². The maximum absolute atomic E-state index is 10.8. The molecule has 0 fully saturated rings. The zero-order chi connectivity index (χ0) is 9.14. The van der Waals surface area contributed by atoms with Crippen LogP contribution in [0.25, 0.3) is 0 Å². The average Bonchev–Trinajstić information content (AvgIpc) is 2.04. The fourth-order valence-corrected chi connectivity index (χ4v) is 0.993. The molecule has 1 aliphatic rings. The first kappa shape index (κ1) is 8.80. The third-order valence-corrected chi connectivity index (χ3v) is 1.70. The standard InChI is InChI=1S/C8H11N2O2/c1-9(11)7-4-3-5-8(6-7)10(2)12/h3-4,6H,5H2,1-2H3/q-1. The minimum absolute atomic E-state index is 0.513. The molecule has 0 aromatic carbocycles. The van der Waals surface area contributed by atoms with Gasteiger partial charge in [-0.2, -0.15) is 0 Å². The van der Waals surface area contributed by atoms with Crippen molar-refractivity contribution in [2.24, 2.45) is 0 Å². The van der Waals surface area contributed by atoms with Crippen molar-refractivity contribution in [3.8, 4) is 0 Å². The molecule has 0 saturated heterocycles. The van der Waals surface area contributed by atoms with Gasteiger partial charge in [0.1, 0.15) is 7.05 Å². The molecule has 0 aromatic heterocycles. The Morgan fingerprint density at radius 2 is 2.25 bits per heavy atom. The topological polar surface area (TPSA) is 52.4 Å². The van der Waals surface area contributed by atoms with Gasteiger partial charge in [0.05, 0.1) is 0 Å². The lowest BCUT2D eigenvalue weighted by Crippen LogP contribution is -2.16. The van der Waals surface area contributed by atoms with Crippen LogP contribution in [0.1, 0.15) is 6.42 Å². The van der Waals surface area contributed by atoms with E-state index < -0.39 is 0 Å². The van der Waals surface area contributed by atoms with Gasteiger partial charge in [-0.1, -0.05) is 6.08 Å². The van der Waals surface area contributed by atoms with Crippen LogP contribution in [0, 0.1) is 10.4 Å². The Labute approximate surface area is 71.3 Å². The molecule has 0 heterocycles. The van der Waals surface area contributed by atoms with E-state index in [0.717, 1.165) is 9.80 Å². The average molecular weight is 167 g/mol. The molecule has 12 heavy (non-hydrogen) atoms. The van der Waals surface area contributed by atoms with Crippen LogP contribution in [-0.2, 0) is 0 Å². The van der Waals surface area contributed by atoms with E-state index in [1.807, 2.05) is 0 Å².